The lowest BCUT2D eigenvalue weighted by Gasteiger charge is -2.47. The van der Waals surface area contributed by atoms with Crippen molar-refractivity contribution >= 4 is 43.0 Å². The fraction of sp³-hybridized carbons (Fsp3) is 0.381. The Balaban J connectivity index is 1.97. The molecule has 0 aliphatic carbocycles. The normalized spacial score (nSPS) is 26.5. The monoisotopic (exact) mass is 532 g/mol. The van der Waals surface area contributed by atoms with Crippen molar-refractivity contribution in [2.45, 2.75) is 36.0 Å². The van der Waals surface area contributed by atoms with E-state index in [-0.39, 0.29) is 22.2 Å². The van der Waals surface area contributed by atoms with Gasteiger partial charge in [0.1, 0.15) is 18.0 Å². The molecule has 0 saturated carbocycles. The molecule has 168 valence electrons. The van der Waals surface area contributed by atoms with Crippen LogP contribution in [-0.4, -0.2) is 31.6 Å². The van der Waals surface area contributed by atoms with Crippen molar-refractivity contribution in [1.29, 1.82) is 0 Å². The summed E-state index contributed by atoms with van der Waals surface area (Å²) >= 11 is 4.38. The zero-order valence-corrected chi connectivity index (χ0v) is 20.5. The molecule has 1 aliphatic rings. The van der Waals surface area contributed by atoms with Crippen LogP contribution in [0, 0.1) is 18.7 Å². The molecule has 10 heteroatoms. The van der Waals surface area contributed by atoms with Crippen LogP contribution in [-0.2, 0) is 19.8 Å². The number of hydrogen-bond donors (Lipinski definition) is 1. The van der Waals surface area contributed by atoms with E-state index in [0.29, 0.717) is 4.47 Å². The average molecular weight is 533 g/mol. The number of hydrogen-bond acceptors (Lipinski definition) is 6. The highest BCUT2D eigenvalue weighted by Crippen LogP contribution is 2.51. The highest BCUT2D eigenvalue weighted by Gasteiger charge is 2.53. The van der Waals surface area contributed by atoms with Crippen molar-refractivity contribution in [3.05, 3.63) is 63.9 Å². The van der Waals surface area contributed by atoms with Gasteiger partial charge in [-0.25, -0.2) is 13.8 Å². The van der Waals surface area contributed by atoms with Gasteiger partial charge >= 0.3 is 0 Å². The maximum Gasteiger partial charge on any atom is 0.297 e. The van der Waals surface area contributed by atoms with Crippen LogP contribution in [0.15, 0.2) is 56.8 Å². The Bertz CT molecular complexity index is 1110. The third-order valence-electron chi connectivity index (χ3n) is 5.69. The number of nitrogens with two attached hydrogens (primary N) is 1. The van der Waals surface area contributed by atoms with E-state index in [2.05, 4.69) is 20.9 Å². The molecule has 1 heterocycles. The lowest BCUT2D eigenvalue weighted by molar-refractivity contribution is 0.147. The van der Waals surface area contributed by atoms with Crippen molar-refractivity contribution < 1.29 is 21.4 Å². The van der Waals surface area contributed by atoms with E-state index in [4.69, 9.17) is 9.92 Å². The molecule has 2 aromatic rings. The van der Waals surface area contributed by atoms with Crippen LogP contribution < -0.4 is 5.73 Å². The summed E-state index contributed by atoms with van der Waals surface area (Å²) in [4.78, 5) is 4.33. The number of nitrogens with zero attached hydrogens (tertiary/aromatic N) is 1. The van der Waals surface area contributed by atoms with Gasteiger partial charge in [-0.2, -0.15) is 8.42 Å². The van der Waals surface area contributed by atoms with Crippen LogP contribution in [0.3, 0.4) is 0 Å². The first kappa shape index (κ1) is 24.2. The third kappa shape index (κ3) is 4.67. The van der Waals surface area contributed by atoms with E-state index < -0.39 is 38.8 Å². The first-order valence-corrected chi connectivity index (χ1v) is 12.5. The van der Waals surface area contributed by atoms with Gasteiger partial charge in [-0.3, -0.25) is 4.18 Å². The van der Waals surface area contributed by atoms with Crippen molar-refractivity contribution in [1.82, 2.24) is 0 Å². The maximum absolute atomic E-state index is 14.7. The third-order valence-corrected chi connectivity index (χ3v) is 8.70. The molecule has 31 heavy (non-hydrogen) atoms. The van der Waals surface area contributed by atoms with Gasteiger partial charge in [-0.15, -0.1) is 0 Å². The van der Waals surface area contributed by atoms with E-state index in [1.807, 2.05) is 6.92 Å². The number of benzene rings is 2. The molecule has 0 saturated heterocycles. The number of aliphatic imine (C=N–C) groups is 1. The first-order chi connectivity index (χ1) is 14.4. The molecule has 0 radical (unpaired) electrons. The predicted octanol–water partition coefficient (Wildman–Crippen LogP) is 4.92. The smallest absolute Gasteiger partial charge is 0.297 e. The second-order valence-electron chi connectivity index (χ2n) is 7.80. The molecule has 2 aromatic carbocycles. The summed E-state index contributed by atoms with van der Waals surface area (Å²) in [5.74, 6) is -1.27. The van der Waals surface area contributed by atoms with E-state index in [1.165, 1.54) is 30.3 Å². The lowest BCUT2D eigenvalue weighted by atomic mass is 9.73. The summed E-state index contributed by atoms with van der Waals surface area (Å²) < 4.78 is 59.6. The predicted molar refractivity (Wildman–Crippen MR) is 123 cm³/mol. The van der Waals surface area contributed by atoms with Gasteiger partial charge in [0.2, 0.25) is 0 Å². The molecule has 0 spiro atoms. The minimum atomic E-state index is -4.05. The number of rotatable bonds is 6. The van der Waals surface area contributed by atoms with Gasteiger partial charge in [-0.1, -0.05) is 52.3 Å². The second kappa shape index (κ2) is 8.80. The molecule has 0 amide bonds. The van der Waals surface area contributed by atoms with Crippen molar-refractivity contribution in [3.63, 3.8) is 0 Å². The van der Waals surface area contributed by atoms with E-state index in [1.54, 1.807) is 26.0 Å². The van der Waals surface area contributed by atoms with Gasteiger partial charge in [0.05, 0.1) is 16.2 Å². The summed E-state index contributed by atoms with van der Waals surface area (Å²) in [6.45, 7) is 3.96. The minimum Gasteiger partial charge on any atom is -0.378 e. The van der Waals surface area contributed by atoms with Gasteiger partial charge in [0.25, 0.3) is 10.1 Å². The zero-order chi connectivity index (χ0) is 23.0. The van der Waals surface area contributed by atoms with Crippen molar-refractivity contribution in [3.8, 4) is 0 Å². The standard InChI is InChI=1S/C21H23BrF2N2O3S2/c1-13-4-7-16(8-5-13)31(27,28)29-12-20(3)14(2)21(11-23,26-19(25)30-20)17-10-15(22)6-9-18(17)24/h4-10,14H,11-12H2,1-3H3,(H2,25,26)/t14-,20-,21+/m1/s1. The van der Waals surface area contributed by atoms with Crippen LogP contribution >= 0.6 is 27.7 Å². The van der Waals surface area contributed by atoms with Gasteiger partial charge in [0, 0.05) is 16.0 Å². The summed E-state index contributed by atoms with van der Waals surface area (Å²) in [6, 6.07) is 10.5. The highest BCUT2D eigenvalue weighted by molar-refractivity contribution is 9.10. The quantitative estimate of drug-likeness (QED) is 0.533. The summed E-state index contributed by atoms with van der Waals surface area (Å²) in [7, 11) is -4.05. The Morgan fingerprint density at radius 3 is 2.52 bits per heavy atom. The maximum atomic E-state index is 14.7. The van der Waals surface area contributed by atoms with Gasteiger partial charge in [-0.05, 0) is 44.2 Å². The minimum absolute atomic E-state index is 0.0200. The topological polar surface area (TPSA) is 81.8 Å². The number of thioether (sulfide) groups is 1. The summed E-state index contributed by atoms with van der Waals surface area (Å²) in [6.07, 6.45) is 0. The fourth-order valence-electron chi connectivity index (χ4n) is 3.61. The largest absolute Gasteiger partial charge is 0.378 e. The lowest BCUT2D eigenvalue weighted by Crippen LogP contribution is -2.53. The summed E-state index contributed by atoms with van der Waals surface area (Å²) in [5, 5.41) is 0.0361. The molecule has 0 unspecified atom stereocenters. The number of amidine groups is 1. The molecule has 2 N–H and O–H groups in total. The van der Waals surface area contributed by atoms with Crippen molar-refractivity contribution in [2.24, 2.45) is 16.6 Å². The molecule has 3 rings (SSSR count). The molecule has 5 nitrogen and oxygen atoms in total. The molecule has 1 aliphatic heterocycles. The highest BCUT2D eigenvalue weighted by atomic mass is 79.9. The molecule has 0 fully saturated rings. The molecular formula is C21H23BrF2N2O3S2. The fourth-order valence-corrected chi connectivity index (χ4v) is 6.23. The Labute approximate surface area is 193 Å². The van der Waals surface area contributed by atoms with Crippen LogP contribution in [0.25, 0.3) is 0 Å². The SMILES string of the molecule is Cc1ccc(S(=O)(=O)OC[C@@]2(C)SC(N)=N[C@](CF)(c3cc(Br)ccc3F)[C@@H]2C)cc1. The molecule has 3 atom stereocenters. The van der Waals surface area contributed by atoms with Gasteiger partial charge < -0.3 is 5.73 Å². The number of halogens is 3. The van der Waals surface area contributed by atoms with Crippen LogP contribution in [0.2, 0.25) is 0 Å². The average Bonchev–Trinajstić information content (AvgIpc) is 2.72. The van der Waals surface area contributed by atoms with Crippen LogP contribution in [0.1, 0.15) is 25.0 Å². The van der Waals surface area contributed by atoms with Gasteiger partial charge in [0.15, 0.2) is 5.17 Å². The Kier molecular flexibility index (Phi) is 6.86. The number of aryl methyl sites for hydroxylation is 1. The first-order valence-electron chi connectivity index (χ1n) is 9.45. The van der Waals surface area contributed by atoms with Crippen LogP contribution in [0.5, 0.6) is 0 Å². The Morgan fingerprint density at radius 2 is 1.90 bits per heavy atom. The Morgan fingerprint density at radius 1 is 1.26 bits per heavy atom. The molecular weight excluding hydrogens is 510 g/mol. The van der Waals surface area contributed by atoms with E-state index in [0.717, 1.165) is 17.3 Å². The molecule has 0 aromatic heterocycles. The summed E-state index contributed by atoms with van der Waals surface area (Å²) in [5.41, 5.74) is 5.37. The molecule has 0 bridgehead atoms. The van der Waals surface area contributed by atoms with E-state index >= 15 is 0 Å². The Hall–Kier alpha value is -1.49. The number of alkyl halides is 1. The van der Waals surface area contributed by atoms with Crippen molar-refractivity contribution in [2.75, 3.05) is 13.3 Å². The van der Waals surface area contributed by atoms with E-state index in [9.17, 15) is 17.2 Å². The second-order valence-corrected chi connectivity index (χ2v) is 11.9. The zero-order valence-electron chi connectivity index (χ0n) is 17.2. The van der Waals surface area contributed by atoms with Crippen LogP contribution in [0.4, 0.5) is 8.78 Å².